The van der Waals surface area contributed by atoms with E-state index in [9.17, 15) is 4.79 Å². The second-order valence-electron chi connectivity index (χ2n) is 8.84. The molecule has 0 amide bonds. The van der Waals surface area contributed by atoms with Crippen molar-refractivity contribution in [2.24, 2.45) is 4.99 Å². The zero-order valence-electron chi connectivity index (χ0n) is 20.7. The van der Waals surface area contributed by atoms with Crippen molar-refractivity contribution in [2.75, 3.05) is 13.8 Å². The van der Waals surface area contributed by atoms with Gasteiger partial charge in [-0.25, -0.2) is 4.79 Å². The highest BCUT2D eigenvalue weighted by Crippen LogP contribution is 2.34. The number of aryl methyl sites for hydroxylation is 2. The summed E-state index contributed by atoms with van der Waals surface area (Å²) in [5.74, 6) is 0.411. The monoisotopic (exact) mass is 475 g/mol. The topological polar surface area (TPSA) is 74.9 Å². The second kappa shape index (κ2) is 11.4. The van der Waals surface area contributed by atoms with E-state index >= 15 is 0 Å². The van der Waals surface area contributed by atoms with Gasteiger partial charge in [-0.05, 0) is 44.2 Å². The molecule has 0 aliphatic carbocycles. The van der Waals surface area contributed by atoms with Gasteiger partial charge in [0.05, 0.1) is 16.8 Å². The van der Waals surface area contributed by atoms with E-state index in [-0.39, 0.29) is 18.3 Å². The molecule has 1 heterocycles. The number of hydrogen-bond donors (Lipinski definition) is 0. The predicted octanol–water partition coefficient (Wildman–Crippen LogP) is 6.27. The third-order valence-electron chi connectivity index (χ3n) is 4.85. The number of aromatic nitrogens is 2. The number of carbonyl (C=O) groups is 1. The highest BCUT2D eigenvalue weighted by atomic mass is 35.5. The summed E-state index contributed by atoms with van der Waals surface area (Å²) in [5.41, 5.74) is 4.06. The van der Waals surface area contributed by atoms with E-state index < -0.39 is 6.16 Å². The molecule has 180 valence electrons. The third-order valence-corrected chi connectivity index (χ3v) is 5.30. The highest BCUT2D eigenvalue weighted by molar-refractivity contribution is 6.33. The number of hydrogen-bond acceptors (Lipinski definition) is 6. The maximum Gasteiger partial charge on any atom is 0.511 e. The third kappa shape index (κ3) is 6.84. The van der Waals surface area contributed by atoms with Crippen LogP contribution in [0.2, 0.25) is 5.02 Å². The maximum atomic E-state index is 11.9. The Morgan fingerprint density at radius 3 is 2.36 bits per heavy atom. The minimum atomic E-state index is -0.809. The van der Waals surface area contributed by atoms with E-state index in [0.29, 0.717) is 34.3 Å². The molecule has 33 heavy (non-hydrogen) atoms. The van der Waals surface area contributed by atoms with Gasteiger partial charge in [0, 0.05) is 25.4 Å². The SMILES string of the molecule is CCn1nc(C)c(Cl)c1/C(OCOC(=O)OC(C)C)=C(\C=NC)c1ccc(C(C)(C)C)cc1. The Hall–Kier alpha value is -2.80. The van der Waals surface area contributed by atoms with E-state index in [0.717, 1.165) is 5.56 Å². The van der Waals surface area contributed by atoms with E-state index in [2.05, 4.69) is 43.0 Å². The molecule has 1 aromatic carbocycles. The standard InChI is InChI=1S/C25H34ClN3O4/c1-9-29-22(21(26)17(4)28-29)23(31-15-32-24(30)33-16(2)3)20(14-27-8)18-10-12-19(13-11-18)25(5,6)7/h10-14,16H,9,15H2,1-8H3/b23-20-,27-14?. The quantitative estimate of drug-likeness (QED) is 0.195. The zero-order chi connectivity index (χ0) is 24.8. The van der Waals surface area contributed by atoms with Crippen molar-refractivity contribution in [3.8, 4) is 0 Å². The van der Waals surface area contributed by atoms with Crippen molar-refractivity contribution in [3.63, 3.8) is 0 Å². The molecule has 0 spiro atoms. The van der Waals surface area contributed by atoms with Gasteiger partial charge in [-0.1, -0.05) is 56.6 Å². The first-order chi connectivity index (χ1) is 15.5. The van der Waals surface area contributed by atoms with Gasteiger partial charge < -0.3 is 14.2 Å². The molecular formula is C25H34ClN3O4. The molecular weight excluding hydrogens is 442 g/mol. The number of nitrogens with zero attached hydrogens (tertiary/aromatic N) is 3. The fourth-order valence-corrected chi connectivity index (χ4v) is 3.41. The van der Waals surface area contributed by atoms with Crippen LogP contribution in [0, 0.1) is 6.92 Å². The Balaban J connectivity index is 2.59. The summed E-state index contributed by atoms with van der Waals surface area (Å²) < 4.78 is 17.9. The summed E-state index contributed by atoms with van der Waals surface area (Å²) in [6.07, 6.45) is 0.595. The van der Waals surface area contributed by atoms with Crippen LogP contribution < -0.4 is 0 Å². The number of carbonyl (C=O) groups excluding carboxylic acids is 1. The van der Waals surface area contributed by atoms with Crippen LogP contribution >= 0.6 is 11.6 Å². The van der Waals surface area contributed by atoms with Crippen molar-refractivity contribution in [2.45, 2.75) is 66.5 Å². The van der Waals surface area contributed by atoms with Crippen molar-refractivity contribution in [3.05, 3.63) is 51.8 Å². The highest BCUT2D eigenvalue weighted by Gasteiger charge is 2.23. The summed E-state index contributed by atoms with van der Waals surface area (Å²) in [4.78, 5) is 16.1. The Morgan fingerprint density at radius 2 is 1.85 bits per heavy atom. The van der Waals surface area contributed by atoms with E-state index in [1.165, 1.54) is 5.56 Å². The summed E-state index contributed by atoms with van der Waals surface area (Å²) in [6.45, 7) is 14.0. The average Bonchev–Trinajstić information content (AvgIpc) is 3.02. The fourth-order valence-electron chi connectivity index (χ4n) is 3.19. The van der Waals surface area contributed by atoms with Crippen LogP contribution in [-0.2, 0) is 26.2 Å². The second-order valence-corrected chi connectivity index (χ2v) is 9.22. The summed E-state index contributed by atoms with van der Waals surface area (Å²) >= 11 is 6.64. The van der Waals surface area contributed by atoms with Crippen molar-refractivity contribution < 1.29 is 19.0 Å². The van der Waals surface area contributed by atoms with Crippen LogP contribution in [0.15, 0.2) is 29.3 Å². The summed E-state index contributed by atoms with van der Waals surface area (Å²) in [5, 5.41) is 4.97. The van der Waals surface area contributed by atoms with E-state index in [1.54, 1.807) is 31.8 Å². The Labute approximate surface area is 201 Å². The summed E-state index contributed by atoms with van der Waals surface area (Å²) in [7, 11) is 1.68. The largest absolute Gasteiger partial charge is 0.511 e. The van der Waals surface area contributed by atoms with Crippen molar-refractivity contribution in [1.82, 2.24) is 9.78 Å². The molecule has 0 bridgehead atoms. The lowest BCUT2D eigenvalue weighted by molar-refractivity contribution is -0.0171. The van der Waals surface area contributed by atoms with Gasteiger partial charge in [0.1, 0.15) is 5.69 Å². The first kappa shape index (κ1) is 26.5. The van der Waals surface area contributed by atoms with Gasteiger partial charge in [0.25, 0.3) is 0 Å². The molecule has 7 nitrogen and oxygen atoms in total. The van der Waals surface area contributed by atoms with Crippen LogP contribution in [-0.4, -0.2) is 42.1 Å². The molecule has 0 N–H and O–H groups in total. The number of rotatable bonds is 8. The number of benzene rings is 1. The number of halogens is 1. The minimum Gasteiger partial charge on any atom is -0.454 e. The molecule has 0 aliphatic rings. The van der Waals surface area contributed by atoms with Crippen LogP contribution in [0.4, 0.5) is 4.79 Å². The van der Waals surface area contributed by atoms with Crippen LogP contribution in [0.25, 0.3) is 11.3 Å². The molecule has 2 aromatic rings. The Kier molecular flexibility index (Phi) is 9.11. The minimum absolute atomic E-state index is 0.0203. The molecule has 1 aromatic heterocycles. The van der Waals surface area contributed by atoms with Crippen LogP contribution in [0.3, 0.4) is 0 Å². The lowest BCUT2D eigenvalue weighted by atomic mass is 9.86. The van der Waals surface area contributed by atoms with Crippen molar-refractivity contribution >= 4 is 35.3 Å². The summed E-state index contributed by atoms with van der Waals surface area (Å²) in [6, 6.07) is 8.19. The molecule has 2 rings (SSSR count). The van der Waals surface area contributed by atoms with Gasteiger partial charge in [-0.2, -0.15) is 5.10 Å². The molecule has 0 saturated carbocycles. The molecule has 0 atom stereocenters. The van der Waals surface area contributed by atoms with Gasteiger partial charge in [-0.15, -0.1) is 0 Å². The first-order valence-electron chi connectivity index (χ1n) is 11.0. The van der Waals surface area contributed by atoms with Crippen molar-refractivity contribution in [1.29, 1.82) is 0 Å². The predicted molar refractivity (Wildman–Crippen MR) is 133 cm³/mol. The Bertz CT molecular complexity index is 1020. The normalized spacial score (nSPS) is 12.8. The van der Waals surface area contributed by atoms with Gasteiger partial charge in [0.2, 0.25) is 6.79 Å². The van der Waals surface area contributed by atoms with Gasteiger partial charge >= 0.3 is 6.16 Å². The molecule has 0 fully saturated rings. The first-order valence-corrected chi connectivity index (χ1v) is 11.3. The Morgan fingerprint density at radius 1 is 1.21 bits per heavy atom. The lowest BCUT2D eigenvalue weighted by Crippen LogP contribution is -2.16. The number of ether oxygens (including phenoxy) is 3. The van der Waals surface area contributed by atoms with Crippen LogP contribution in [0.1, 0.15) is 64.1 Å². The molecule has 8 heteroatoms. The van der Waals surface area contributed by atoms with Gasteiger partial charge in [-0.3, -0.25) is 9.67 Å². The average molecular weight is 476 g/mol. The molecule has 0 radical (unpaired) electrons. The number of allylic oxidation sites excluding steroid dienone is 1. The van der Waals surface area contributed by atoms with Crippen LogP contribution in [0.5, 0.6) is 0 Å². The number of aliphatic imine (C=N–C) groups is 1. The molecule has 0 unspecified atom stereocenters. The fraction of sp³-hybridized carbons (Fsp3) is 0.480. The van der Waals surface area contributed by atoms with E-state index in [1.807, 2.05) is 26.0 Å². The van der Waals surface area contributed by atoms with E-state index in [4.69, 9.17) is 25.8 Å². The lowest BCUT2D eigenvalue weighted by Gasteiger charge is -2.20. The zero-order valence-corrected chi connectivity index (χ0v) is 21.5. The van der Waals surface area contributed by atoms with Gasteiger partial charge in [0.15, 0.2) is 5.76 Å². The maximum absolute atomic E-state index is 11.9. The smallest absolute Gasteiger partial charge is 0.454 e. The molecule has 0 aliphatic heterocycles. The molecule has 0 saturated heterocycles.